The zero-order valence-corrected chi connectivity index (χ0v) is 27.2. The lowest BCUT2D eigenvalue weighted by atomic mass is 9.94. The molecule has 12 heteroatoms. The molecule has 3 aromatic rings. The van der Waals surface area contributed by atoms with Gasteiger partial charge in [-0.1, -0.05) is 6.07 Å². The number of benzene rings is 1. The van der Waals surface area contributed by atoms with Crippen molar-refractivity contribution in [3.8, 4) is 5.75 Å². The van der Waals surface area contributed by atoms with E-state index in [-0.39, 0.29) is 17.9 Å². The summed E-state index contributed by atoms with van der Waals surface area (Å²) in [5, 5.41) is 17.6. The summed E-state index contributed by atoms with van der Waals surface area (Å²) in [4.78, 5) is 44.0. The molecule has 3 aliphatic rings. The van der Waals surface area contributed by atoms with Gasteiger partial charge in [0.05, 0.1) is 30.0 Å². The van der Waals surface area contributed by atoms with Crippen LogP contribution in [0.25, 0.3) is 10.9 Å². The van der Waals surface area contributed by atoms with Crippen LogP contribution in [0.4, 0.5) is 10.8 Å². The van der Waals surface area contributed by atoms with Crippen molar-refractivity contribution >= 4 is 44.9 Å². The lowest BCUT2D eigenvalue weighted by molar-refractivity contribution is -0.128. The van der Waals surface area contributed by atoms with Crippen LogP contribution in [0, 0.1) is 0 Å². The Hall–Kier alpha value is -3.48. The normalized spacial score (nSPS) is 20.0. The molecular weight excluding hydrogens is 590 g/mol. The number of amides is 2. The number of hydrogen-bond acceptors (Lipinski definition) is 10. The average molecular weight is 636 g/mol. The van der Waals surface area contributed by atoms with Crippen LogP contribution >= 0.6 is 11.3 Å². The number of anilines is 2. The summed E-state index contributed by atoms with van der Waals surface area (Å²) in [6.45, 7) is 8.40. The predicted octanol–water partition coefficient (Wildman–Crippen LogP) is 3.43. The maximum Gasteiger partial charge on any atom is 0.222 e. The summed E-state index contributed by atoms with van der Waals surface area (Å²) < 4.78 is 5.80. The number of piperidine rings is 1. The van der Waals surface area contributed by atoms with Crippen LogP contribution in [0.3, 0.4) is 0 Å². The van der Waals surface area contributed by atoms with Crippen LogP contribution < -0.4 is 19.9 Å². The predicted molar refractivity (Wildman–Crippen MR) is 177 cm³/mol. The Kier molecular flexibility index (Phi) is 9.72. The average Bonchev–Trinajstić information content (AvgIpc) is 3.62. The molecule has 0 saturated carbocycles. The molecule has 1 aromatic carbocycles. The molecule has 0 radical (unpaired) electrons. The molecule has 3 aliphatic heterocycles. The van der Waals surface area contributed by atoms with Crippen LogP contribution in [0.5, 0.6) is 5.75 Å². The van der Waals surface area contributed by atoms with Gasteiger partial charge in [-0.05, 0) is 50.8 Å². The molecule has 6 rings (SSSR count). The number of methoxy groups -OCH3 is 1. The first-order chi connectivity index (χ1) is 21.8. The first-order valence-corrected chi connectivity index (χ1v) is 17.1. The van der Waals surface area contributed by atoms with Gasteiger partial charge in [-0.3, -0.25) is 19.5 Å². The number of nitrogens with zero attached hydrogens (tertiary/aromatic N) is 6. The molecule has 11 nitrogen and oxygen atoms in total. The quantitative estimate of drug-likeness (QED) is 0.346. The van der Waals surface area contributed by atoms with Crippen molar-refractivity contribution in [2.24, 2.45) is 0 Å². The summed E-state index contributed by atoms with van der Waals surface area (Å²) in [5.41, 5.74) is 2.23. The molecule has 5 heterocycles. The smallest absolute Gasteiger partial charge is 0.222 e. The zero-order valence-electron chi connectivity index (χ0n) is 26.4. The second-order valence-corrected chi connectivity index (χ2v) is 13.5. The van der Waals surface area contributed by atoms with E-state index >= 15 is 0 Å². The number of aromatic nitrogens is 2. The van der Waals surface area contributed by atoms with E-state index in [1.54, 1.807) is 18.4 Å². The summed E-state index contributed by atoms with van der Waals surface area (Å²) in [6.07, 6.45) is 5.95. The third kappa shape index (κ3) is 7.34. The van der Waals surface area contributed by atoms with Gasteiger partial charge in [0, 0.05) is 88.7 Å². The molecule has 1 atom stereocenters. The number of carbonyl (C=O) groups excluding carboxylic acids is 2. The Labute approximate surface area is 269 Å². The van der Waals surface area contributed by atoms with Gasteiger partial charge in [-0.15, -0.1) is 11.3 Å². The highest BCUT2D eigenvalue weighted by atomic mass is 32.1. The highest BCUT2D eigenvalue weighted by Gasteiger charge is 2.32. The number of hydrogen-bond donors (Lipinski definition) is 2. The molecule has 2 N–H and O–H groups in total. The number of carbonyl (C=O) groups is 2. The van der Waals surface area contributed by atoms with E-state index in [9.17, 15) is 14.7 Å². The monoisotopic (exact) mass is 635 g/mol. The van der Waals surface area contributed by atoms with Crippen molar-refractivity contribution in [2.75, 3.05) is 75.8 Å². The number of fused-ring (bicyclic) bond motifs is 1. The molecule has 0 bridgehead atoms. The number of aliphatic hydroxyl groups is 1. The van der Waals surface area contributed by atoms with Gasteiger partial charge in [0.1, 0.15) is 11.4 Å². The van der Waals surface area contributed by atoms with Crippen LogP contribution in [0.1, 0.15) is 57.2 Å². The van der Waals surface area contributed by atoms with Crippen LogP contribution in [-0.4, -0.2) is 108 Å². The maximum absolute atomic E-state index is 13.4. The topological polar surface area (TPSA) is 114 Å². The molecule has 45 heavy (non-hydrogen) atoms. The molecule has 3 saturated heterocycles. The first-order valence-electron chi connectivity index (χ1n) is 16.2. The summed E-state index contributed by atoms with van der Waals surface area (Å²) >= 11 is 1.61. The summed E-state index contributed by atoms with van der Waals surface area (Å²) in [7, 11) is 1.70. The van der Waals surface area contributed by atoms with E-state index in [2.05, 4.69) is 31.5 Å². The van der Waals surface area contributed by atoms with Gasteiger partial charge in [0.15, 0.2) is 5.13 Å². The van der Waals surface area contributed by atoms with Gasteiger partial charge >= 0.3 is 0 Å². The second-order valence-electron chi connectivity index (χ2n) is 12.7. The van der Waals surface area contributed by atoms with E-state index in [0.717, 1.165) is 91.8 Å². The largest absolute Gasteiger partial charge is 0.494 e. The highest BCUT2D eigenvalue weighted by molar-refractivity contribution is 7.13. The second kappa shape index (κ2) is 13.9. The number of likely N-dealkylation sites (tertiary alicyclic amines) is 1. The molecule has 1 unspecified atom stereocenters. The van der Waals surface area contributed by atoms with Crippen molar-refractivity contribution in [3.63, 3.8) is 0 Å². The molecule has 0 spiro atoms. The van der Waals surface area contributed by atoms with Gasteiger partial charge in [-0.2, -0.15) is 0 Å². The van der Waals surface area contributed by atoms with Gasteiger partial charge < -0.3 is 29.9 Å². The van der Waals surface area contributed by atoms with Crippen molar-refractivity contribution in [1.29, 1.82) is 0 Å². The number of nitrogens with one attached hydrogen (secondary N) is 1. The fourth-order valence-electron chi connectivity index (χ4n) is 6.75. The van der Waals surface area contributed by atoms with Crippen molar-refractivity contribution in [3.05, 3.63) is 41.5 Å². The third-order valence-electron chi connectivity index (χ3n) is 9.43. The number of rotatable bonds is 10. The zero-order chi connectivity index (χ0) is 31.4. The fourth-order valence-corrected chi connectivity index (χ4v) is 7.67. The van der Waals surface area contributed by atoms with Crippen LogP contribution in [-0.2, 0) is 9.59 Å². The van der Waals surface area contributed by atoms with E-state index in [1.807, 2.05) is 36.2 Å². The summed E-state index contributed by atoms with van der Waals surface area (Å²) in [6, 6.07) is 7.92. The number of thiazole rings is 1. The van der Waals surface area contributed by atoms with E-state index in [0.29, 0.717) is 38.8 Å². The van der Waals surface area contributed by atoms with Crippen molar-refractivity contribution in [1.82, 2.24) is 25.1 Å². The lowest BCUT2D eigenvalue weighted by Gasteiger charge is -2.35. The molecule has 2 aromatic heterocycles. The maximum atomic E-state index is 13.4. The molecule has 3 fully saturated rings. The van der Waals surface area contributed by atoms with E-state index in [1.165, 1.54) is 0 Å². The van der Waals surface area contributed by atoms with Crippen molar-refractivity contribution < 1.29 is 19.4 Å². The number of ether oxygens (including phenoxy) is 1. The third-order valence-corrected chi connectivity index (χ3v) is 10.4. The molecular formula is C33H45N7O4S. The lowest BCUT2D eigenvalue weighted by Crippen LogP contribution is -2.42. The SMILES string of the molecule is COc1ccc2cccnc2c1N1CCCN(C(CC(=O)NCCN2CCCC2=O)c2csc(N3CCC(C)(O)CC3)n2)CC1. The van der Waals surface area contributed by atoms with Crippen LogP contribution in [0.15, 0.2) is 35.8 Å². The van der Waals surface area contributed by atoms with Gasteiger partial charge in [0.25, 0.3) is 0 Å². The minimum Gasteiger partial charge on any atom is -0.494 e. The van der Waals surface area contributed by atoms with Crippen LogP contribution in [0.2, 0.25) is 0 Å². The Morgan fingerprint density at radius 3 is 2.71 bits per heavy atom. The van der Waals surface area contributed by atoms with Gasteiger partial charge in [-0.25, -0.2) is 4.98 Å². The Morgan fingerprint density at radius 1 is 1.09 bits per heavy atom. The van der Waals surface area contributed by atoms with Gasteiger partial charge in [0.2, 0.25) is 11.8 Å². The summed E-state index contributed by atoms with van der Waals surface area (Å²) in [5.74, 6) is 0.950. The number of pyridine rings is 1. The molecule has 242 valence electrons. The molecule has 0 aliphatic carbocycles. The molecule has 2 amide bonds. The van der Waals surface area contributed by atoms with Crippen molar-refractivity contribution in [2.45, 2.75) is 57.1 Å². The van der Waals surface area contributed by atoms with E-state index in [4.69, 9.17) is 14.7 Å². The Balaban J connectivity index is 1.19. The fraction of sp³-hybridized carbons (Fsp3) is 0.576. The highest BCUT2D eigenvalue weighted by Crippen LogP contribution is 2.37. The first kappa shape index (κ1) is 31.5. The Bertz CT molecular complexity index is 1490. The minimum atomic E-state index is -0.628. The minimum absolute atomic E-state index is 0.0313. The van der Waals surface area contributed by atoms with E-state index < -0.39 is 5.60 Å². The standard InChI is InChI=1S/C33H45N7O4S/c1-33(43)10-17-40(18-11-33)32-36-25(23-45-32)26(22-28(41)34-13-19-38-14-4-7-29(38)42)37-15-5-16-39(21-20-37)31-27(44-2)9-8-24-6-3-12-35-30(24)31/h3,6,8-9,12,23,26,43H,4-5,7,10-11,13-22H2,1-2H3,(H,34,41). The Morgan fingerprint density at radius 2 is 1.93 bits per heavy atom.